The Bertz CT molecular complexity index is 976. The number of hydrogen-bond acceptors (Lipinski definition) is 6. The molecule has 3 heterocycles. The van der Waals surface area contributed by atoms with Gasteiger partial charge in [0, 0.05) is 44.1 Å². The van der Waals surface area contributed by atoms with Crippen LogP contribution in [0.4, 0.5) is 0 Å². The molecule has 1 aromatic heterocycles. The molecule has 1 N–H and O–H groups in total. The number of nitrogens with one attached hydrogen (secondary N) is 1. The highest BCUT2D eigenvalue weighted by atomic mass is 32.2. The van der Waals surface area contributed by atoms with E-state index in [0.29, 0.717) is 43.1 Å². The van der Waals surface area contributed by atoms with E-state index < -0.39 is 10.0 Å². The molecule has 0 radical (unpaired) electrons. The molecule has 2 fully saturated rings. The van der Waals surface area contributed by atoms with Crippen molar-refractivity contribution in [3.8, 4) is 0 Å². The van der Waals surface area contributed by atoms with E-state index >= 15 is 0 Å². The molecule has 1 amide bonds. The van der Waals surface area contributed by atoms with Crippen molar-refractivity contribution in [2.24, 2.45) is 5.92 Å². The van der Waals surface area contributed by atoms with Gasteiger partial charge in [0.15, 0.2) is 0 Å². The molecule has 2 aliphatic heterocycles. The van der Waals surface area contributed by atoms with Gasteiger partial charge in [-0.25, -0.2) is 13.4 Å². The molecule has 1 aromatic rings. The highest BCUT2D eigenvalue weighted by molar-refractivity contribution is 7.88. The van der Waals surface area contributed by atoms with E-state index in [2.05, 4.69) is 9.97 Å². The standard InChI is InChI=1S/C20H30N4O5S/c1-29-15-5-3-4-13(10-15)20(26)23-8-6-14(11-23)18-21-17-12-24(30(2,27)28)9-7-16(17)19(25)22-18/h13-15H,3-12H2,1-2H3,(H,21,22,25)/t13-,14+,15-/m1/s1. The minimum atomic E-state index is -3.33. The number of methoxy groups -OCH3 is 1. The lowest BCUT2D eigenvalue weighted by molar-refractivity contribution is -0.137. The van der Waals surface area contributed by atoms with Crippen LogP contribution in [0, 0.1) is 5.92 Å². The second-order valence-corrected chi connectivity index (χ2v) is 10.7. The normalized spacial score (nSPS) is 27.8. The van der Waals surface area contributed by atoms with E-state index in [1.54, 1.807) is 7.11 Å². The van der Waals surface area contributed by atoms with E-state index in [1.807, 2.05) is 4.90 Å². The van der Waals surface area contributed by atoms with Crippen molar-refractivity contribution in [2.45, 2.75) is 57.1 Å². The number of aromatic nitrogens is 2. The Morgan fingerprint density at radius 3 is 2.77 bits per heavy atom. The van der Waals surface area contributed by atoms with E-state index in [-0.39, 0.29) is 36.0 Å². The van der Waals surface area contributed by atoms with Crippen molar-refractivity contribution in [2.75, 3.05) is 33.0 Å². The third-order valence-electron chi connectivity index (χ3n) is 6.72. The molecule has 166 valence electrons. The van der Waals surface area contributed by atoms with Crippen LogP contribution in [-0.4, -0.2) is 72.6 Å². The van der Waals surface area contributed by atoms with Crippen molar-refractivity contribution in [3.63, 3.8) is 0 Å². The summed E-state index contributed by atoms with van der Waals surface area (Å²) in [5, 5.41) is 0. The van der Waals surface area contributed by atoms with E-state index in [9.17, 15) is 18.0 Å². The summed E-state index contributed by atoms with van der Waals surface area (Å²) in [5.41, 5.74) is 0.908. The van der Waals surface area contributed by atoms with Crippen LogP contribution in [0.3, 0.4) is 0 Å². The molecule has 1 saturated heterocycles. The van der Waals surface area contributed by atoms with Crippen LogP contribution >= 0.6 is 0 Å². The first-order chi connectivity index (χ1) is 14.3. The molecule has 3 atom stereocenters. The predicted molar refractivity (Wildman–Crippen MR) is 111 cm³/mol. The van der Waals surface area contributed by atoms with Crippen molar-refractivity contribution in [3.05, 3.63) is 27.4 Å². The fourth-order valence-corrected chi connectivity index (χ4v) is 5.72. The number of aromatic amines is 1. The lowest BCUT2D eigenvalue weighted by Crippen LogP contribution is -2.39. The lowest BCUT2D eigenvalue weighted by atomic mass is 9.86. The molecule has 4 rings (SSSR count). The first-order valence-corrected chi connectivity index (χ1v) is 12.5. The molecule has 0 bridgehead atoms. The van der Waals surface area contributed by atoms with Crippen molar-refractivity contribution in [1.82, 2.24) is 19.2 Å². The quantitative estimate of drug-likeness (QED) is 0.737. The van der Waals surface area contributed by atoms with Gasteiger partial charge in [0.2, 0.25) is 15.9 Å². The second-order valence-electron chi connectivity index (χ2n) is 8.71. The SMILES string of the molecule is CO[C@@H]1CCC[C@@H](C(=O)N2CC[C@H](c3nc4c(c(=O)[nH]3)CCN(S(C)(=O)=O)C4)C2)C1. The van der Waals surface area contributed by atoms with E-state index in [4.69, 9.17) is 4.74 Å². The van der Waals surface area contributed by atoms with E-state index in [0.717, 1.165) is 32.1 Å². The number of likely N-dealkylation sites (tertiary alicyclic amines) is 1. The van der Waals surface area contributed by atoms with Crippen LogP contribution in [0.5, 0.6) is 0 Å². The topological polar surface area (TPSA) is 113 Å². The summed E-state index contributed by atoms with van der Waals surface area (Å²) in [6, 6.07) is 0. The molecule has 1 saturated carbocycles. The van der Waals surface area contributed by atoms with Gasteiger partial charge in [-0.3, -0.25) is 9.59 Å². The zero-order valence-electron chi connectivity index (χ0n) is 17.6. The van der Waals surface area contributed by atoms with Gasteiger partial charge in [0.05, 0.1) is 24.6 Å². The van der Waals surface area contributed by atoms with Gasteiger partial charge in [-0.05, 0) is 32.1 Å². The maximum Gasteiger partial charge on any atom is 0.254 e. The number of carbonyl (C=O) groups excluding carboxylic acids is 1. The number of rotatable bonds is 4. The van der Waals surface area contributed by atoms with Crippen molar-refractivity contribution >= 4 is 15.9 Å². The number of sulfonamides is 1. The maximum absolute atomic E-state index is 13.0. The number of ether oxygens (including phenoxy) is 1. The molecule has 30 heavy (non-hydrogen) atoms. The Kier molecular flexibility index (Phi) is 6.00. The molecule has 3 aliphatic rings. The monoisotopic (exact) mass is 438 g/mol. The molecular formula is C20H30N4O5S. The largest absolute Gasteiger partial charge is 0.381 e. The summed E-state index contributed by atoms with van der Waals surface area (Å²) in [6.07, 6.45) is 6.11. The summed E-state index contributed by atoms with van der Waals surface area (Å²) in [6.45, 7) is 1.60. The van der Waals surface area contributed by atoms with Crippen LogP contribution < -0.4 is 5.56 Å². The fourth-order valence-electron chi connectivity index (χ4n) is 4.94. The molecule has 10 heteroatoms. The van der Waals surface area contributed by atoms with Gasteiger partial charge in [-0.2, -0.15) is 4.31 Å². The van der Waals surface area contributed by atoms with Crippen LogP contribution in [0.15, 0.2) is 4.79 Å². The second kappa shape index (κ2) is 8.39. The van der Waals surface area contributed by atoms with Crippen LogP contribution in [0.1, 0.15) is 55.1 Å². The summed E-state index contributed by atoms with van der Waals surface area (Å²) >= 11 is 0. The summed E-state index contributed by atoms with van der Waals surface area (Å²) in [7, 11) is -1.63. The number of hydrogen-bond donors (Lipinski definition) is 1. The Morgan fingerprint density at radius 1 is 1.23 bits per heavy atom. The van der Waals surface area contributed by atoms with E-state index in [1.165, 1.54) is 10.6 Å². The highest BCUT2D eigenvalue weighted by Gasteiger charge is 2.36. The number of amides is 1. The summed E-state index contributed by atoms with van der Waals surface area (Å²) in [5.74, 6) is 0.689. The van der Waals surface area contributed by atoms with Crippen molar-refractivity contribution < 1.29 is 17.9 Å². The van der Waals surface area contributed by atoms with Gasteiger partial charge < -0.3 is 14.6 Å². The zero-order valence-corrected chi connectivity index (χ0v) is 18.4. The number of fused-ring (bicyclic) bond motifs is 1. The Hall–Kier alpha value is -1.78. The van der Waals surface area contributed by atoms with Crippen LogP contribution in [0.2, 0.25) is 0 Å². The molecular weight excluding hydrogens is 408 g/mol. The number of H-pyrrole nitrogens is 1. The van der Waals surface area contributed by atoms with Gasteiger partial charge in [0.25, 0.3) is 5.56 Å². The summed E-state index contributed by atoms with van der Waals surface area (Å²) < 4.78 is 30.6. The Morgan fingerprint density at radius 2 is 2.03 bits per heavy atom. The van der Waals surface area contributed by atoms with Gasteiger partial charge in [-0.1, -0.05) is 6.42 Å². The van der Waals surface area contributed by atoms with Crippen LogP contribution in [-0.2, 0) is 32.5 Å². The highest BCUT2D eigenvalue weighted by Crippen LogP contribution is 2.31. The van der Waals surface area contributed by atoms with Gasteiger partial charge >= 0.3 is 0 Å². The Balaban J connectivity index is 1.47. The third kappa shape index (κ3) is 4.31. The smallest absolute Gasteiger partial charge is 0.254 e. The zero-order chi connectivity index (χ0) is 21.5. The fraction of sp³-hybridized carbons (Fsp3) is 0.750. The van der Waals surface area contributed by atoms with Gasteiger partial charge in [0.1, 0.15) is 5.82 Å². The summed E-state index contributed by atoms with van der Waals surface area (Å²) in [4.78, 5) is 35.0. The number of carbonyl (C=O) groups is 1. The minimum Gasteiger partial charge on any atom is -0.381 e. The van der Waals surface area contributed by atoms with Crippen molar-refractivity contribution in [1.29, 1.82) is 0 Å². The predicted octanol–water partition coefficient (Wildman–Crippen LogP) is 0.609. The lowest BCUT2D eigenvalue weighted by Gasteiger charge is -2.30. The average molecular weight is 439 g/mol. The first kappa shape index (κ1) is 21.5. The number of nitrogens with zero attached hydrogens (tertiary/aromatic N) is 3. The third-order valence-corrected chi connectivity index (χ3v) is 7.97. The maximum atomic E-state index is 13.0. The molecule has 0 unspecified atom stereocenters. The molecule has 9 nitrogen and oxygen atoms in total. The molecule has 0 spiro atoms. The Labute approximate surface area is 176 Å². The molecule has 1 aliphatic carbocycles. The van der Waals surface area contributed by atoms with Crippen LogP contribution in [0.25, 0.3) is 0 Å². The molecule has 0 aromatic carbocycles. The van der Waals surface area contributed by atoms with Gasteiger partial charge in [-0.15, -0.1) is 0 Å². The minimum absolute atomic E-state index is 0.00121. The first-order valence-electron chi connectivity index (χ1n) is 10.6. The average Bonchev–Trinajstić information content (AvgIpc) is 3.22.